The summed E-state index contributed by atoms with van der Waals surface area (Å²) in [7, 11) is 0. The van der Waals surface area contributed by atoms with Crippen molar-refractivity contribution < 1.29 is 0 Å². The molecular formula is C14H11N5OS. The van der Waals surface area contributed by atoms with Gasteiger partial charge in [0.2, 0.25) is 5.65 Å². The quantitative estimate of drug-likeness (QED) is 0.460. The van der Waals surface area contributed by atoms with E-state index in [1.807, 2.05) is 28.8 Å². The van der Waals surface area contributed by atoms with Gasteiger partial charge in [-0.1, -0.05) is 6.07 Å². The number of aromatic nitrogens is 3. The number of thiocarbonyl (C=S) groups is 1. The first-order valence-corrected chi connectivity index (χ1v) is 6.82. The number of anilines is 1. The van der Waals surface area contributed by atoms with Crippen molar-refractivity contribution >= 4 is 28.7 Å². The summed E-state index contributed by atoms with van der Waals surface area (Å²) in [6.45, 7) is 0. The smallest absolute Gasteiger partial charge is 0.292 e. The van der Waals surface area contributed by atoms with Gasteiger partial charge in [-0.15, -0.1) is 0 Å². The van der Waals surface area contributed by atoms with Crippen molar-refractivity contribution in [1.82, 2.24) is 14.4 Å². The molecule has 21 heavy (non-hydrogen) atoms. The Labute approximate surface area is 124 Å². The molecule has 7 heteroatoms. The molecule has 6 nitrogen and oxygen atoms in total. The van der Waals surface area contributed by atoms with E-state index in [1.165, 1.54) is 0 Å². The van der Waals surface area contributed by atoms with E-state index in [0.717, 1.165) is 34.6 Å². The Hall–Kier alpha value is -2.67. The van der Waals surface area contributed by atoms with E-state index < -0.39 is 0 Å². The van der Waals surface area contributed by atoms with E-state index in [4.69, 9.17) is 18.0 Å². The minimum absolute atomic E-state index is 0.183. The van der Waals surface area contributed by atoms with Gasteiger partial charge in [0.15, 0.2) is 5.11 Å². The van der Waals surface area contributed by atoms with E-state index in [1.54, 1.807) is 6.20 Å². The van der Waals surface area contributed by atoms with Crippen LogP contribution in [0, 0.1) is 0 Å². The molecule has 0 atom stereocenters. The van der Waals surface area contributed by atoms with Crippen LogP contribution in [-0.4, -0.2) is 19.5 Å². The van der Waals surface area contributed by atoms with Crippen molar-refractivity contribution in [2.45, 2.75) is 6.42 Å². The molecule has 1 aliphatic rings. The molecule has 104 valence electrons. The number of aromatic amines is 1. The van der Waals surface area contributed by atoms with Gasteiger partial charge in [-0.2, -0.15) is 0 Å². The lowest BCUT2D eigenvalue weighted by atomic mass is 10.1. The number of nitrogens with two attached hydrogens (primary N) is 1. The highest BCUT2D eigenvalue weighted by molar-refractivity contribution is 7.80. The molecule has 0 bridgehead atoms. The van der Waals surface area contributed by atoms with Gasteiger partial charge in [0.05, 0.1) is 11.4 Å². The van der Waals surface area contributed by atoms with Crippen molar-refractivity contribution in [3.63, 3.8) is 0 Å². The molecule has 0 radical (unpaired) electrons. The van der Waals surface area contributed by atoms with Crippen molar-refractivity contribution in [2.24, 2.45) is 5.73 Å². The van der Waals surface area contributed by atoms with E-state index in [0.29, 0.717) is 5.65 Å². The molecule has 3 aromatic rings. The molecule has 0 spiro atoms. The number of hydrogen-bond donors (Lipinski definition) is 3. The minimum atomic E-state index is -0.183. The maximum Gasteiger partial charge on any atom is 0.292 e. The fraction of sp³-hybridized carbons (Fsp3) is 0.0714. The molecule has 0 saturated carbocycles. The number of nitrogens with zero attached hydrogens (tertiary/aromatic N) is 2. The first-order valence-electron chi connectivity index (χ1n) is 6.41. The van der Waals surface area contributed by atoms with Crippen LogP contribution in [0.2, 0.25) is 0 Å². The second-order valence-electron chi connectivity index (χ2n) is 4.93. The van der Waals surface area contributed by atoms with Crippen LogP contribution in [0.25, 0.3) is 16.9 Å². The molecule has 2 aromatic heterocycles. The zero-order valence-corrected chi connectivity index (χ0v) is 11.7. The van der Waals surface area contributed by atoms with E-state index in [-0.39, 0.29) is 10.7 Å². The Balaban J connectivity index is 1.91. The largest absolute Gasteiger partial charge is 0.376 e. The fourth-order valence-corrected chi connectivity index (χ4v) is 2.95. The molecule has 0 aliphatic heterocycles. The summed E-state index contributed by atoms with van der Waals surface area (Å²) in [5.74, 6) is 0. The number of imidazole rings is 1. The Morgan fingerprint density at radius 1 is 1.48 bits per heavy atom. The predicted molar refractivity (Wildman–Crippen MR) is 84.5 cm³/mol. The van der Waals surface area contributed by atoms with Crippen LogP contribution in [0.5, 0.6) is 0 Å². The average molecular weight is 297 g/mol. The summed E-state index contributed by atoms with van der Waals surface area (Å²) < 4.78 is 1.84. The summed E-state index contributed by atoms with van der Waals surface area (Å²) in [5.41, 5.74) is 10.6. The van der Waals surface area contributed by atoms with Crippen LogP contribution < -0.4 is 16.6 Å². The van der Waals surface area contributed by atoms with E-state index in [2.05, 4.69) is 15.3 Å². The summed E-state index contributed by atoms with van der Waals surface area (Å²) in [6.07, 6.45) is 4.16. The molecule has 4 N–H and O–H groups in total. The average Bonchev–Trinajstić information content (AvgIpc) is 3.02. The van der Waals surface area contributed by atoms with Gasteiger partial charge >= 0.3 is 0 Å². The lowest BCUT2D eigenvalue weighted by Crippen LogP contribution is -2.18. The first-order chi connectivity index (χ1) is 10.1. The van der Waals surface area contributed by atoms with E-state index >= 15 is 0 Å². The summed E-state index contributed by atoms with van der Waals surface area (Å²) in [4.78, 5) is 19.0. The molecule has 0 unspecified atom stereocenters. The van der Waals surface area contributed by atoms with Gasteiger partial charge in [-0.05, 0) is 29.9 Å². The molecule has 0 saturated heterocycles. The van der Waals surface area contributed by atoms with Crippen molar-refractivity contribution in [2.75, 3.05) is 5.32 Å². The van der Waals surface area contributed by atoms with Gasteiger partial charge in [0.25, 0.3) is 5.56 Å². The fourth-order valence-electron chi connectivity index (χ4n) is 2.83. The zero-order valence-electron chi connectivity index (χ0n) is 10.9. The van der Waals surface area contributed by atoms with E-state index in [9.17, 15) is 4.79 Å². The minimum Gasteiger partial charge on any atom is -0.376 e. The molecule has 1 aliphatic carbocycles. The topological polar surface area (TPSA) is 88.2 Å². The van der Waals surface area contributed by atoms with Gasteiger partial charge in [-0.3, -0.25) is 9.20 Å². The predicted octanol–water partition coefficient (Wildman–Crippen LogP) is 1.25. The van der Waals surface area contributed by atoms with Crippen LogP contribution in [0.3, 0.4) is 0 Å². The highest BCUT2D eigenvalue weighted by atomic mass is 32.1. The van der Waals surface area contributed by atoms with Gasteiger partial charge in [0, 0.05) is 30.1 Å². The Bertz CT molecular complexity index is 956. The maximum atomic E-state index is 12.0. The monoisotopic (exact) mass is 297 g/mol. The van der Waals surface area contributed by atoms with Crippen LogP contribution in [-0.2, 0) is 6.42 Å². The van der Waals surface area contributed by atoms with Crippen LogP contribution >= 0.6 is 12.2 Å². The molecule has 1 aromatic carbocycles. The lowest BCUT2D eigenvalue weighted by Gasteiger charge is -2.06. The highest BCUT2D eigenvalue weighted by Crippen LogP contribution is 2.35. The Morgan fingerprint density at radius 2 is 2.33 bits per heavy atom. The van der Waals surface area contributed by atoms with Gasteiger partial charge < -0.3 is 16.0 Å². The van der Waals surface area contributed by atoms with Crippen LogP contribution in [0.4, 0.5) is 5.69 Å². The lowest BCUT2D eigenvalue weighted by molar-refractivity contribution is 1.00. The number of rotatable bonds is 1. The summed E-state index contributed by atoms with van der Waals surface area (Å²) >= 11 is 4.85. The van der Waals surface area contributed by atoms with Gasteiger partial charge in [-0.25, -0.2) is 4.98 Å². The van der Waals surface area contributed by atoms with Gasteiger partial charge in [0.1, 0.15) is 0 Å². The van der Waals surface area contributed by atoms with Crippen LogP contribution in [0.15, 0.2) is 35.4 Å². The number of benzene rings is 1. The first kappa shape index (κ1) is 12.1. The Kier molecular flexibility index (Phi) is 2.40. The highest BCUT2D eigenvalue weighted by Gasteiger charge is 2.23. The third-order valence-corrected chi connectivity index (χ3v) is 3.76. The van der Waals surface area contributed by atoms with Crippen molar-refractivity contribution in [3.8, 4) is 11.3 Å². The maximum absolute atomic E-state index is 12.0. The summed E-state index contributed by atoms with van der Waals surface area (Å²) in [6, 6.07) is 5.85. The molecular weight excluding hydrogens is 286 g/mol. The molecule has 0 amide bonds. The third kappa shape index (κ3) is 1.74. The molecule has 4 rings (SSSR count). The Morgan fingerprint density at radius 3 is 3.14 bits per heavy atom. The van der Waals surface area contributed by atoms with Crippen LogP contribution in [0.1, 0.15) is 11.3 Å². The zero-order chi connectivity index (χ0) is 14.6. The number of H-pyrrole nitrogens is 1. The SMILES string of the molecule is NC(=S)Nc1ccc2c(c1)Cc1c-2[nH]c(=O)c2nccn12. The number of nitrogens with one attached hydrogen (secondary N) is 2. The normalized spacial score (nSPS) is 12.2. The second-order valence-corrected chi connectivity index (χ2v) is 5.37. The second kappa shape index (κ2) is 4.16. The standard InChI is InChI=1S/C14H11N5OS/c15-14(21)17-8-1-2-9-7(5-8)6-10-11(9)18-13(20)12-16-3-4-19(10)12/h1-5H,6H2,(H,18,20)(H3,15,17,21). The number of hydrogen-bond acceptors (Lipinski definition) is 3. The van der Waals surface area contributed by atoms with Crippen molar-refractivity contribution in [1.29, 1.82) is 0 Å². The third-order valence-electron chi connectivity index (χ3n) is 3.66. The molecule has 2 heterocycles. The number of fused-ring (bicyclic) bond motifs is 5. The molecule has 0 fully saturated rings. The van der Waals surface area contributed by atoms with Crippen molar-refractivity contribution in [3.05, 3.63) is 52.2 Å². The summed E-state index contributed by atoms with van der Waals surface area (Å²) in [5, 5.41) is 3.16.